The lowest BCUT2D eigenvalue weighted by atomic mass is 9.91. The van der Waals surface area contributed by atoms with E-state index in [1.54, 1.807) is 0 Å². The molecular formula is C13H23N3O2. The van der Waals surface area contributed by atoms with Crippen LogP contribution in [0.25, 0.3) is 0 Å². The van der Waals surface area contributed by atoms with Crippen LogP contribution in [0.3, 0.4) is 0 Å². The van der Waals surface area contributed by atoms with E-state index in [0.717, 1.165) is 32.5 Å². The summed E-state index contributed by atoms with van der Waals surface area (Å²) in [5.74, 6) is 0.127. The molecule has 0 aromatic heterocycles. The Morgan fingerprint density at radius 3 is 2.94 bits per heavy atom. The number of esters is 1. The molecule has 0 aliphatic carbocycles. The summed E-state index contributed by atoms with van der Waals surface area (Å²) in [6.45, 7) is 5.25. The predicted octanol–water partition coefficient (Wildman–Crippen LogP) is 0.763. The average Bonchev–Trinajstić information content (AvgIpc) is 2.36. The van der Waals surface area contributed by atoms with Crippen molar-refractivity contribution in [1.82, 2.24) is 10.2 Å². The highest BCUT2D eigenvalue weighted by molar-refractivity contribution is 5.69. The molecule has 5 nitrogen and oxygen atoms in total. The van der Waals surface area contributed by atoms with Crippen molar-refractivity contribution in [1.29, 1.82) is 5.26 Å². The molecule has 0 bridgehead atoms. The van der Waals surface area contributed by atoms with E-state index in [9.17, 15) is 4.79 Å². The number of piperidine rings is 1. The molecule has 1 heterocycles. The maximum atomic E-state index is 11.3. The molecule has 1 fully saturated rings. The van der Waals surface area contributed by atoms with Crippen LogP contribution in [0.5, 0.6) is 0 Å². The number of methoxy groups -OCH3 is 1. The van der Waals surface area contributed by atoms with Gasteiger partial charge in [-0.05, 0) is 25.3 Å². The van der Waals surface area contributed by atoms with Crippen LogP contribution in [0.2, 0.25) is 0 Å². The Balaban J connectivity index is 2.50. The van der Waals surface area contributed by atoms with E-state index in [0.29, 0.717) is 19.0 Å². The highest BCUT2D eigenvalue weighted by Crippen LogP contribution is 2.20. The second-order valence-electron chi connectivity index (χ2n) is 4.89. The molecule has 1 saturated heterocycles. The van der Waals surface area contributed by atoms with E-state index in [-0.39, 0.29) is 11.9 Å². The number of nitriles is 1. The third kappa shape index (κ3) is 5.03. The number of ether oxygens (including phenoxy) is 1. The quantitative estimate of drug-likeness (QED) is 0.559. The van der Waals surface area contributed by atoms with Gasteiger partial charge in [-0.3, -0.25) is 9.69 Å². The van der Waals surface area contributed by atoms with E-state index in [1.807, 2.05) is 0 Å². The van der Waals surface area contributed by atoms with Gasteiger partial charge in [-0.25, -0.2) is 0 Å². The summed E-state index contributed by atoms with van der Waals surface area (Å²) < 4.78 is 4.72. The summed E-state index contributed by atoms with van der Waals surface area (Å²) in [6.07, 6.45) is 2.52. The minimum Gasteiger partial charge on any atom is -0.469 e. The number of nitrogens with one attached hydrogen (secondary N) is 1. The number of rotatable bonds is 6. The van der Waals surface area contributed by atoms with Crippen LogP contribution in [0.4, 0.5) is 0 Å². The number of hydrogen-bond donors (Lipinski definition) is 1. The standard InChI is InChI=1S/C13H23N3O2/c1-3-5-15-12-7-11(8-13(17)18-2)9-16(10-12)6-4-14/h11-12,15H,3,5-10H2,1-2H3. The van der Waals surface area contributed by atoms with E-state index >= 15 is 0 Å². The lowest BCUT2D eigenvalue weighted by Crippen LogP contribution is -2.49. The summed E-state index contributed by atoms with van der Waals surface area (Å²) in [5.41, 5.74) is 0. The predicted molar refractivity (Wildman–Crippen MR) is 68.9 cm³/mol. The van der Waals surface area contributed by atoms with E-state index in [1.165, 1.54) is 7.11 Å². The van der Waals surface area contributed by atoms with Crippen molar-refractivity contribution in [2.75, 3.05) is 33.3 Å². The maximum Gasteiger partial charge on any atom is 0.305 e. The first-order valence-electron chi connectivity index (χ1n) is 6.59. The lowest BCUT2D eigenvalue weighted by molar-refractivity contribution is -0.142. The largest absolute Gasteiger partial charge is 0.469 e. The molecule has 0 amide bonds. The van der Waals surface area contributed by atoms with Gasteiger partial charge < -0.3 is 10.1 Å². The van der Waals surface area contributed by atoms with Crippen LogP contribution in [0, 0.1) is 17.2 Å². The topological polar surface area (TPSA) is 65.4 Å². The molecule has 0 spiro atoms. The van der Waals surface area contributed by atoms with Crippen LogP contribution in [-0.2, 0) is 9.53 Å². The minimum atomic E-state index is -0.159. The molecule has 0 radical (unpaired) electrons. The van der Waals surface area contributed by atoms with Crippen molar-refractivity contribution in [3.05, 3.63) is 0 Å². The van der Waals surface area contributed by atoms with Crippen molar-refractivity contribution in [3.8, 4) is 6.07 Å². The highest BCUT2D eigenvalue weighted by Gasteiger charge is 2.28. The first kappa shape index (κ1) is 14.9. The summed E-state index contributed by atoms with van der Waals surface area (Å²) in [5, 5.41) is 12.3. The fourth-order valence-corrected chi connectivity index (χ4v) is 2.50. The summed E-state index contributed by atoms with van der Waals surface area (Å²) >= 11 is 0. The van der Waals surface area contributed by atoms with Crippen LogP contribution < -0.4 is 5.32 Å². The zero-order chi connectivity index (χ0) is 13.4. The molecule has 1 aliphatic rings. The Morgan fingerprint density at radius 2 is 2.33 bits per heavy atom. The smallest absolute Gasteiger partial charge is 0.305 e. The minimum absolute atomic E-state index is 0.159. The third-order valence-corrected chi connectivity index (χ3v) is 3.27. The van der Waals surface area contributed by atoms with Crippen molar-refractivity contribution in [2.24, 2.45) is 5.92 Å². The van der Waals surface area contributed by atoms with Gasteiger partial charge in [0, 0.05) is 25.6 Å². The van der Waals surface area contributed by atoms with Gasteiger partial charge in [0.15, 0.2) is 0 Å². The van der Waals surface area contributed by atoms with Crippen molar-refractivity contribution < 1.29 is 9.53 Å². The molecule has 102 valence electrons. The Bertz CT molecular complexity index is 301. The molecule has 0 aromatic rings. The number of carbonyl (C=O) groups is 1. The van der Waals surface area contributed by atoms with Crippen LogP contribution in [0.15, 0.2) is 0 Å². The monoisotopic (exact) mass is 253 g/mol. The highest BCUT2D eigenvalue weighted by atomic mass is 16.5. The Kier molecular flexibility index (Phi) is 6.69. The molecule has 0 aromatic carbocycles. The van der Waals surface area contributed by atoms with Gasteiger partial charge in [-0.15, -0.1) is 0 Å². The first-order valence-corrected chi connectivity index (χ1v) is 6.59. The van der Waals surface area contributed by atoms with Crippen molar-refractivity contribution >= 4 is 5.97 Å². The van der Waals surface area contributed by atoms with Crippen molar-refractivity contribution in [3.63, 3.8) is 0 Å². The van der Waals surface area contributed by atoms with Gasteiger partial charge in [-0.1, -0.05) is 6.92 Å². The summed E-state index contributed by atoms with van der Waals surface area (Å²) in [7, 11) is 1.42. The second kappa shape index (κ2) is 8.06. The normalized spacial score (nSPS) is 24.5. The van der Waals surface area contributed by atoms with Gasteiger partial charge >= 0.3 is 5.97 Å². The first-order chi connectivity index (χ1) is 8.69. The summed E-state index contributed by atoms with van der Waals surface area (Å²) in [6, 6.07) is 2.56. The van der Waals surface area contributed by atoms with E-state index in [4.69, 9.17) is 10.00 Å². The van der Waals surface area contributed by atoms with Gasteiger partial charge in [0.25, 0.3) is 0 Å². The summed E-state index contributed by atoms with van der Waals surface area (Å²) in [4.78, 5) is 13.5. The van der Waals surface area contributed by atoms with E-state index in [2.05, 4.69) is 23.2 Å². The molecule has 1 aliphatic heterocycles. The van der Waals surface area contributed by atoms with Gasteiger partial charge in [-0.2, -0.15) is 5.26 Å². The molecule has 0 saturated carbocycles. The number of carbonyl (C=O) groups excluding carboxylic acids is 1. The molecule has 5 heteroatoms. The molecule has 1 N–H and O–H groups in total. The second-order valence-corrected chi connectivity index (χ2v) is 4.89. The fraction of sp³-hybridized carbons (Fsp3) is 0.846. The number of nitrogens with zero attached hydrogens (tertiary/aromatic N) is 2. The number of hydrogen-bond acceptors (Lipinski definition) is 5. The van der Waals surface area contributed by atoms with Gasteiger partial charge in [0.05, 0.1) is 19.7 Å². The zero-order valence-electron chi connectivity index (χ0n) is 11.3. The van der Waals surface area contributed by atoms with Crippen molar-refractivity contribution in [2.45, 2.75) is 32.2 Å². The SMILES string of the molecule is CCCNC1CC(CC(=O)OC)CN(CC#N)C1. The number of likely N-dealkylation sites (tertiary alicyclic amines) is 1. The Labute approximate surface area is 109 Å². The zero-order valence-corrected chi connectivity index (χ0v) is 11.3. The van der Waals surface area contributed by atoms with Gasteiger partial charge in [0.1, 0.15) is 0 Å². The van der Waals surface area contributed by atoms with E-state index < -0.39 is 0 Å². The molecule has 18 heavy (non-hydrogen) atoms. The maximum absolute atomic E-state index is 11.3. The van der Waals surface area contributed by atoms with Crippen LogP contribution in [0.1, 0.15) is 26.2 Å². The fourth-order valence-electron chi connectivity index (χ4n) is 2.50. The Hall–Kier alpha value is -1.12. The average molecular weight is 253 g/mol. The molecular weight excluding hydrogens is 230 g/mol. The van der Waals surface area contributed by atoms with Crippen LogP contribution >= 0.6 is 0 Å². The molecule has 2 unspecified atom stereocenters. The third-order valence-electron chi connectivity index (χ3n) is 3.27. The molecule has 2 atom stereocenters. The van der Waals surface area contributed by atoms with Crippen LogP contribution in [-0.4, -0.2) is 50.2 Å². The Morgan fingerprint density at radius 1 is 1.56 bits per heavy atom. The lowest BCUT2D eigenvalue weighted by Gasteiger charge is -2.36. The van der Waals surface area contributed by atoms with Gasteiger partial charge in [0.2, 0.25) is 0 Å². The molecule has 1 rings (SSSR count).